The lowest BCUT2D eigenvalue weighted by atomic mass is 10.1. The molecule has 0 aliphatic rings. The fourth-order valence-corrected chi connectivity index (χ4v) is 3.09. The number of benzene rings is 3. The Morgan fingerprint density at radius 2 is 1.59 bits per heavy atom. The Morgan fingerprint density at radius 1 is 0.875 bits per heavy atom. The van der Waals surface area contributed by atoms with Crippen molar-refractivity contribution in [2.75, 3.05) is 7.11 Å². The minimum Gasteiger partial charge on any atom is -0.508 e. The molecule has 4 rings (SSSR count). The number of methoxy groups -OCH3 is 1. The number of ether oxygens (including phenoxy) is 2. The maximum atomic E-state index is 13.2. The van der Waals surface area contributed by atoms with Gasteiger partial charge in [0.25, 0.3) is 0 Å². The largest absolute Gasteiger partial charge is 0.508 e. The van der Waals surface area contributed by atoms with Crippen LogP contribution < -0.4 is 14.9 Å². The quantitative estimate of drug-likeness (QED) is 0.279. The SMILES string of the molecule is COc1ccc(C(=O)Oc2c(-c3ccc(O)c(O)c3)oc3cc(O)cc(O)c3c2=O)cc1. The summed E-state index contributed by atoms with van der Waals surface area (Å²) in [5, 5.41) is 39.1. The predicted molar refractivity (Wildman–Crippen MR) is 113 cm³/mol. The molecular formula is C23H16O9. The zero-order valence-corrected chi connectivity index (χ0v) is 16.5. The molecule has 1 heterocycles. The monoisotopic (exact) mass is 436 g/mol. The van der Waals surface area contributed by atoms with E-state index in [0.717, 1.165) is 24.3 Å². The third-order valence-corrected chi connectivity index (χ3v) is 4.68. The summed E-state index contributed by atoms with van der Waals surface area (Å²) in [6.07, 6.45) is 0. The standard InChI is InChI=1S/C23H16O9/c1-30-14-5-2-11(3-6-14)23(29)32-22-20(28)19-17(27)9-13(24)10-18(19)31-21(22)12-4-7-15(25)16(26)8-12/h2-10,24-27H,1H3. The van der Waals surface area contributed by atoms with Crippen LogP contribution in [0.25, 0.3) is 22.3 Å². The first-order chi connectivity index (χ1) is 15.3. The van der Waals surface area contributed by atoms with E-state index in [1.54, 1.807) is 0 Å². The molecule has 4 N–H and O–H groups in total. The average molecular weight is 436 g/mol. The topological polar surface area (TPSA) is 147 Å². The van der Waals surface area contributed by atoms with Crippen LogP contribution in [-0.4, -0.2) is 33.5 Å². The first-order valence-electron chi connectivity index (χ1n) is 9.20. The summed E-state index contributed by atoms with van der Waals surface area (Å²) in [4.78, 5) is 25.9. The van der Waals surface area contributed by atoms with Crippen molar-refractivity contribution in [1.82, 2.24) is 0 Å². The third kappa shape index (κ3) is 3.63. The van der Waals surface area contributed by atoms with Gasteiger partial charge in [0, 0.05) is 17.7 Å². The molecule has 0 aliphatic carbocycles. The Bertz CT molecular complexity index is 1400. The average Bonchev–Trinajstić information content (AvgIpc) is 2.76. The summed E-state index contributed by atoms with van der Waals surface area (Å²) >= 11 is 0. The molecule has 32 heavy (non-hydrogen) atoms. The molecule has 0 unspecified atom stereocenters. The van der Waals surface area contributed by atoms with E-state index < -0.39 is 34.4 Å². The molecule has 4 aromatic rings. The van der Waals surface area contributed by atoms with Crippen molar-refractivity contribution in [2.24, 2.45) is 0 Å². The number of hydrogen-bond acceptors (Lipinski definition) is 9. The zero-order chi connectivity index (χ0) is 23.0. The van der Waals surface area contributed by atoms with E-state index >= 15 is 0 Å². The van der Waals surface area contributed by atoms with Gasteiger partial charge in [0.05, 0.1) is 12.7 Å². The molecule has 0 bridgehead atoms. The molecule has 0 spiro atoms. The van der Waals surface area contributed by atoms with Crippen LogP contribution in [0, 0.1) is 0 Å². The van der Waals surface area contributed by atoms with E-state index in [9.17, 15) is 30.0 Å². The van der Waals surface area contributed by atoms with Crippen molar-refractivity contribution < 1.29 is 39.1 Å². The molecule has 0 amide bonds. The highest BCUT2D eigenvalue weighted by Crippen LogP contribution is 2.38. The van der Waals surface area contributed by atoms with Crippen LogP contribution in [0.3, 0.4) is 0 Å². The maximum absolute atomic E-state index is 13.2. The van der Waals surface area contributed by atoms with Crippen LogP contribution in [0.5, 0.6) is 34.5 Å². The predicted octanol–water partition coefficient (Wildman–Crippen LogP) is 3.51. The zero-order valence-electron chi connectivity index (χ0n) is 16.5. The Kier molecular flexibility index (Phi) is 5.07. The van der Waals surface area contributed by atoms with Gasteiger partial charge in [0.1, 0.15) is 28.2 Å². The molecule has 3 aromatic carbocycles. The third-order valence-electron chi connectivity index (χ3n) is 4.68. The number of rotatable bonds is 4. The number of fused-ring (bicyclic) bond motifs is 1. The highest BCUT2D eigenvalue weighted by atomic mass is 16.5. The Morgan fingerprint density at radius 3 is 2.25 bits per heavy atom. The van der Waals surface area contributed by atoms with Crippen LogP contribution in [0.4, 0.5) is 0 Å². The van der Waals surface area contributed by atoms with Crippen molar-refractivity contribution in [3.8, 4) is 45.8 Å². The van der Waals surface area contributed by atoms with E-state index in [1.165, 1.54) is 37.4 Å². The number of hydrogen-bond donors (Lipinski definition) is 4. The van der Waals surface area contributed by atoms with Crippen molar-refractivity contribution in [3.05, 3.63) is 70.4 Å². The van der Waals surface area contributed by atoms with Crippen LogP contribution in [-0.2, 0) is 0 Å². The highest BCUT2D eigenvalue weighted by molar-refractivity contribution is 5.94. The van der Waals surface area contributed by atoms with Crippen molar-refractivity contribution in [2.45, 2.75) is 0 Å². The van der Waals surface area contributed by atoms with Gasteiger partial charge >= 0.3 is 5.97 Å². The summed E-state index contributed by atoms with van der Waals surface area (Å²) in [5.41, 5.74) is -0.855. The van der Waals surface area contributed by atoms with E-state index in [-0.39, 0.29) is 33.6 Å². The second kappa shape index (κ2) is 7.88. The molecular weight excluding hydrogens is 420 g/mol. The number of carbonyl (C=O) groups excluding carboxylic acids is 1. The number of phenolic OH excluding ortho intramolecular Hbond substituents is 4. The van der Waals surface area contributed by atoms with Crippen LogP contribution >= 0.6 is 0 Å². The van der Waals surface area contributed by atoms with Crippen LogP contribution in [0.1, 0.15) is 10.4 Å². The second-order valence-corrected chi connectivity index (χ2v) is 6.75. The van der Waals surface area contributed by atoms with E-state index in [1.807, 2.05) is 0 Å². The summed E-state index contributed by atoms with van der Waals surface area (Å²) in [7, 11) is 1.47. The highest BCUT2D eigenvalue weighted by Gasteiger charge is 2.24. The van der Waals surface area contributed by atoms with Gasteiger partial charge in [-0.1, -0.05) is 0 Å². The fourth-order valence-electron chi connectivity index (χ4n) is 3.09. The van der Waals surface area contributed by atoms with Gasteiger partial charge in [0.15, 0.2) is 17.3 Å². The van der Waals surface area contributed by atoms with Gasteiger partial charge in [-0.25, -0.2) is 4.79 Å². The first kappa shape index (κ1) is 20.6. The molecule has 0 saturated heterocycles. The minimum atomic E-state index is -0.887. The van der Waals surface area contributed by atoms with Gasteiger partial charge in [-0.05, 0) is 42.5 Å². The van der Waals surface area contributed by atoms with Gasteiger partial charge in [-0.2, -0.15) is 0 Å². The number of phenols is 4. The van der Waals surface area contributed by atoms with E-state index in [0.29, 0.717) is 5.75 Å². The molecule has 1 aromatic heterocycles. The van der Waals surface area contributed by atoms with E-state index in [4.69, 9.17) is 13.9 Å². The summed E-state index contributed by atoms with van der Waals surface area (Å²) in [6, 6.07) is 11.6. The molecule has 9 heteroatoms. The molecule has 0 radical (unpaired) electrons. The first-order valence-corrected chi connectivity index (χ1v) is 9.20. The molecule has 162 valence electrons. The normalized spacial score (nSPS) is 10.8. The fraction of sp³-hybridized carbons (Fsp3) is 0.0435. The number of esters is 1. The minimum absolute atomic E-state index is 0.0969. The van der Waals surface area contributed by atoms with Crippen molar-refractivity contribution in [1.29, 1.82) is 0 Å². The lowest BCUT2D eigenvalue weighted by Gasteiger charge is -2.12. The Hall–Kier alpha value is -4.66. The van der Waals surface area contributed by atoms with Gasteiger partial charge in [-0.3, -0.25) is 4.79 Å². The van der Waals surface area contributed by atoms with Crippen LogP contribution in [0.2, 0.25) is 0 Å². The lowest BCUT2D eigenvalue weighted by Crippen LogP contribution is -2.16. The number of aromatic hydroxyl groups is 4. The summed E-state index contributed by atoms with van der Waals surface area (Å²) < 4.78 is 16.1. The summed E-state index contributed by atoms with van der Waals surface area (Å²) in [6.45, 7) is 0. The molecule has 0 aliphatic heterocycles. The Balaban J connectivity index is 1.92. The summed E-state index contributed by atoms with van der Waals surface area (Å²) in [5.74, 6) is -3.04. The number of carbonyl (C=O) groups is 1. The van der Waals surface area contributed by atoms with Gasteiger partial charge in [0.2, 0.25) is 11.2 Å². The second-order valence-electron chi connectivity index (χ2n) is 6.75. The maximum Gasteiger partial charge on any atom is 0.343 e. The lowest BCUT2D eigenvalue weighted by molar-refractivity contribution is 0.0731. The van der Waals surface area contributed by atoms with Gasteiger partial charge < -0.3 is 34.3 Å². The molecule has 0 saturated carbocycles. The van der Waals surface area contributed by atoms with Crippen molar-refractivity contribution in [3.63, 3.8) is 0 Å². The van der Waals surface area contributed by atoms with Gasteiger partial charge in [-0.15, -0.1) is 0 Å². The van der Waals surface area contributed by atoms with Crippen LogP contribution in [0.15, 0.2) is 63.8 Å². The smallest absolute Gasteiger partial charge is 0.343 e. The van der Waals surface area contributed by atoms with Crippen molar-refractivity contribution >= 4 is 16.9 Å². The molecule has 9 nitrogen and oxygen atoms in total. The van der Waals surface area contributed by atoms with E-state index in [2.05, 4.69) is 0 Å². The molecule has 0 fully saturated rings. The Labute approximate surface area is 179 Å². The molecule has 0 atom stereocenters.